The molecule has 0 atom stereocenters. The lowest BCUT2D eigenvalue weighted by atomic mass is 10.2. The molecule has 0 aromatic carbocycles. The molecule has 0 aliphatic rings. The molecular weight excluding hydrogens is 282 g/mol. The first-order valence-corrected chi connectivity index (χ1v) is 6.83. The van der Waals surface area contributed by atoms with Crippen LogP contribution in [0.1, 0.15) is 21.9 Å². The van der Waals surface area contributed by atoms with Gasteiger partial charge in [0.05, 0.1) is 6.54 Å². The van der Waals surface area contributed by atoms with Gasteiger partial charge in [0.15, 0.2) is 0 Å². The summed E-state index contributed by atoms with van der Waals surface area (Å²) in [6.45, 7) is 2.13. The lowest BCUT2D eigenvalue weighted by molar-refractivity contribution is 0.0772. The van der Waals surface area contributed by atoms with Gasteiger partial charge in [-0.05, 0) is 31.2 Å². The van der Waals surface area contributed by atoms with Gasteiger partial charge >= 0.3 is 0 Å². The van der Waals surface area contributed by atoms with Crippen LogP contribution in [0.25, 0.3) is 5.65 Å². The molecule has 0 aliphatic heterocycles. The third kappa shape index (κ3) is 2.50. The van der Waals surface area contributed by atoms with Crippen LogP contribution in [-0.2, 0) is 6.54 Å². The molecule has 0 bridgehead atoms. The van der Waals surface area contributed by atoms with E-state index in [-0.39, 0.29) is 17.0 Å². The van der Waals surface area contributed by atoms with Gasteiger partial charge in [0, 0.05) is 19.4 Å². The van der Waals surface area contributed by atoms with Crippen LogP contribution in [0.15, 0.2) is 51.9 Å². The Morgan fingerprint density at radius 1 is 1.32 bits per heavy atom. The molecule has 0 unspecified atom stereocenters. The quantitative estimate of drug-likeness (QED) is 0.740. The lowest BCUT2D eigenvalue weighted by Crippen LogP contribution is -2.32. The van der Waals surface area contributed by atoms with E-state index in [2.05, 4.69) is 4.98 Å². The van der Waals surface area contributed by atoms with Crippen LogP contribution >= 0.6 is 0 Å². The number of amides is 1. The van der Waals surface area contributed by atoms with Gasteiger partial charge in [0.1, 0.15) is 22.7 Å². The summed E-state index contributed by atoms with van der Waals surface area (Å²) in [6, 6.07) is 8.87. The summed E-state index contributed by atoms with van der Waals surface area (Å²) in [6.07, 6.45) is 2.92. The Bertz CT molecular complexity index is 895. The molecule has 6 heteroatoms. The number of carbonyl (C=O) groups excluding carboxylic acids is 1. The van der Waals surface area contributed by atoms with E-state index in [9.17, 15) is 9.59 Å². The zero-order chi connectivity index (χ0) is 15.7. The third-order valence-corrected chi connectivity index (χ3v) is 3.38. The zero-order valence-corrected chi connectivity index (χ0v) is 12.3. The summed E-state index contributed by atoms with van der Waals surface area (Å²) in [5, 5.41) is 0. The summed E-state index contributed by atoms with van der Waals surface area (Å²) in [7, 11) is 1.62. The number of fused-ring (bicyclic) bond motifs is 1. The summed E-state index contributed by atoms with van der Waals surface area (Å²) in [4.78, 5) is 30.4. The van der Waals surface area contributed by atoms with Gasteiger partial charge in [-0.3, -0.25) is 14.0 Å². The van der Waals surface area contributed by atoms with Crippen molar-refractivity contribution in [3.63, 3.8) is 0 Å². The smallest absolute Gasteiger partial charge is 0.270 e. The van der Waals surface area contributed by atoms with Gasteiger partial charge in [-0.2, -0.15) is 0 Å². The largest absolute Gasteiger partial charge is 0.464 e. The molecule has 0 spiro atoms. The molecule has 1 amide bonds. The maximum atomic E-state index is 12.5. The molecule has 112 valence electrons. The van der Waals surface area contributed by atoms with Gasteiger partial charge in [-0.25, -0.2) is 4.98 Å². The molecule has 0 fully saturated rings. The van der Waals surface area contributed by atoms with Crippen molar-refractivity contribution in [1.82, 2.24) is 14.3 Å². The lowest BCUT2D eigenvalue weighted by Gasteiger charge is -2.15. The number of furan rings is 1. The molecule has 0 saturated heterocycles. The topological polar surface area (TPSA) is 67.8 Å². The van der Waals surface area contributed by atoms with Crippen molar-refractivity contribution in [2.45, 2.75) is 13.5 Å². The second-order valence-electron chi connectivity index (χ2n) is 5.08. The predicted molar refractivity (Wildman–Crippen MR) is 80.7 cm³/mol. The highest BCUT2D eigenvalue weighted by molar-refractivity contribution is 5.93. The molecule has 22 heavy (non-hydrogen) atoms. The fourth-order valence-electron chi connectivity index (χ4n) is 2.25. The van der Waals surface area contributed by atoms with Crippen LogP contribution in [-0.4, -0.2) is 27.2 Å². The number of hydrogen-bond donors (Lipinski definition) is 0. The molecule has 0 N–H and O–H groups in total. The molecular formula is C16H15N3O3. The average molecular weight is 297 g/mol. The first-order chi connectivity index (χ1) is 10.6. The fraction of sp³-hybridized carbons (Fsp3) is 0.188. The van der Waals surface area contributed by atoms with Crippen molar-refractivity contribution in [1.29, 1.82) is 0 Å². The van der Waals surface area contributed by atoms with Gasteiger partial charge in [-0.1, -0.05) is 6.07 Å². The van der Waals surface area contributed by atoms with Crippen molar-refractivity contribution >= 4 is 11.6 Å². The summed E-state index contributed by atoms with van der Waals surface area (Å²) in [5.41, 5.74) is 0.168. The van der Waals surface area contributed by atoms with Crippen LogP contribution in [0.4, 0.5) is 0 Å². The average Bonchev–Trinajstić information content (AvgIpc) is 2.92. The SMILES string of the molecule is Cc1ccc(CN(C)C(=O)c2cnc3ccccn3c2=O)o1. The van der Waals surface area contributed by atoms with E-state index >= 15 is 0 Å². The van der Waals surface area contributed by atoms with Crippen LogP contribution in [0, 0.1) is 6.92 Å². The molecule has 0 radical (unpaired) electrons. The zero-order valence-electron chi connectivity index (χ0n) is 12.3. The van der Waals surface area contributed by atoms with Crippen molar-refractivity contribution in [2.24, 2.45) is 0 Å². The second-order valence-corrected chi connectivity index (χ2v) is 5.08. The van der Waals surface area contributed by atoms with E-state index in [1.807, 2.05) is 19.1 Å². The Kier molecular flexibility index (Phi) is 3.50. The van der Waals surface area contributed by atoms with Gasteiger partial charge in [-0.15, -0.1) is 0 Å². The summed E-state index contributed by atoms with van der Waals surface area (Å²) in [5.74, 6) is 1.07. The Labute approximate surface area is 126 Å². The molecule has 0 aliphatic carbocycles. The number of rotatable bonds is 3. The molecule has 3 heterocycles. The summed E-state index contributed by atoms with van der Waals surface area (Å²) >= 11 is 0. The standard InChI is InChI=1S/C16H15N3O3/c1-11-6-7-12(22-11)10-18(2)15(20)13-9-17-14-5-3-4-8-19(14)16(13)21/h3-9H,10H2,1-2H3. The number of hydrogen-bond acceptors (Lipinski definition) is 4. The van der Waals surface area contributed by atoms with Crippen LogP contribution in [0.2, 0.25) is 0 Å². The second kappa shape index (κ2) is 5.48. The maximum Gasteiger partial charge on any atom is 0.270 e. The Hall–Kier alpha value is -2.89. The van der Waals surface area contributed by atoms with E-state index in [0.717, 1.165) is 5.76 Å². The van der Waals surface area contributed by atoms with Crippen molar-refractivity contribution in [3.8, 4) is 0 Å². The third-order valence-electron chi connectivity index (χ3n) is 3.38. The number of nitrogens with zero attached hydrogens (tertiary/aromatic N) is 3. The monoisotopic (exact) mass is 297 g/mol. The minimum atomic E-state index is -0.384. The molecule has 6 nitrogen and oxygen atoms in total. The number of aromatic nitrogens is 2. The minimum Gasteiger partial charge on any atom is -0.464 e. The normalized spacial score (nSPS) is 10.8. The van der Waals surface area contributed by atoms with Gasteiger partial charge < -0.3 is 9.32 Å². The minimum absolute atomic E-state index is 0.0366. The molecule has 3 aromatic heterocycles. The van der Waals surface area contributed by atoms with E-state index in [4.69, 9.17) is 4.42 Å². The maximum absolute atomic E-state index is 12.5. The molecule has 3 rings (SSSR count). The van der Waals surface area contributed by atoms with Crippen LogP contribution < -0.4 is 5.56 Å². The van der Waals surface area contributed by atoms with E-state index in [1.165, 1.54) is 15.5 Å². The number of pyridine rings is 1. The van der Waals surface area contributed by atoms with Crippen molar-refractivity contribution in [2.75, 3.05) is 7.05 Å². The first kappa shape index (κ1) is 14.1. The Balaban J connectivity index is 1.91. The Morgan fingerprint density at radius 2 is 2.14 bits per heavy atom. The highest BCUT2D eigenvalue weighted by Gasteiger charge is 2.18. The summed E-state index contributed by atoms with van der Waals surface area (Å²) < 4.78 is 6.81. The van der Waals surface area contributed by atoms with Crippen LogP contribution in [0.3, 0.4) is 0 Å². The van der Waals surface area contributed by atoms with E-state index in [0.29, 0.717) is 18.0 Å². The first-order valence-electron chi connectivity index (χ1n) is 6.83. The van der Waals surface area contributed by atoms with E-state index < -0.39 is 0 Å². The van der Waals surface area contributed by atoms with Crippen LogP contribution in [0.5, 0.6) is 0 Å². The Morgan fingerprint density at radius 3 is 2.86 bits per heavy atom. The van der Waals surface area contributed by atoms with Gasteiger partial charge in [0.2, 0.25) is 0 Å². The molecule has 3 aromatic rings. The fourth-order valence-corrected chi connectivity index (χ4v) is 2.25. The highest BCUT2D eigenvalue weighted by Crippen LogP contribution is 2.10. The van der Waals surface area contributed by atoms with Gasteiger partial charge in [0.25, 0.3) is 11.5 Å². The molecule has 0 saturated carbocycles. The van der Waals surface area contributed by atoms with Crippen molar-refractivity contribution < 1.29 is 9.21 Å². The van der Waals surface area contributed by atoms with Crippen molar-refractivity contribution in [3.05, 3.63) is 70.2 Å². The number of aryl methyl sites for hydroxylation is 1. The predicted octanol–water partition coefficient (Wildman–Crippen LogP) is 1.87. The van der Waals surface area contributed by atoms with E-state index in [1.54, 1.807) is 31.4 Å². The number of carbonyl (C=O) groups is 1. The highest BCUT2D eigenvalue weighted by atomic mass is 16.3.